The topological polar surface area (TPSA) is 134 Å². The Hall–Kier alpha value is -4.02. The van der Waals surface area contributed by atoms with Gasteiger partial charge in [0.2, 0.25) is 17.7 Å². The third-order valence-corrected chi connectivity index (χ3v) is 9.17. The number of hydrogen-bond acceptors (Lipinski definition) is 7. The fraction of sp³-hybridized carbons (Fsp3) is 0.517. The predicted octanol–water partition coefficient (Wildman–Crippen LogP) is 2.64. The van der Waals surface area contributed by atoms with Crippen molar-refractivity contribution in [2.45, 2.75) is 76.9 Å². The van der Waals surface area contributed by atoms with Crippen LogP contribution < -0.4 is 10.6 Å². The van der Waals surface area contributed by atoms with Gasteiger partial charge in [0.1, 0.15) is 6.04 Å². The minimum Gasteiger partial charge on any atom is -0.380 e. The number of carbonyl (C=O) groups excluding carboxylic acids is 5. The molecular formula is C29H34N6O5. The molecule has 2 saturated heterocycles. The number of hydrogen-bond donors (Lipinski definition) is 2. The highest BCUT2D eigenvalue weighted by Gasteiger charge is 2.46. The number of nitrogens with one attached hydrogen (secondary N) is 2. The Morgan fingerprint density at radius 2 is 1.88 bits per heavy atom. The van der Waals surface area contributed by atoms with E-state index in [0.717, 1.165) is 62.1 Å². The molecule has 1 aliphatic carbocycles. The number of piperidine rings is 2. The summed E-state index contributed by atoms with van der Waals surface area (Å²) >= 11 is 0. The average molecular weight is 547 g/mol. The fourth-order valence-corrected chi connectivity index (χ4v) is 6.52. The third kappa shape index (κ3) is 4.37. The summed E-state index contributed by atoms with van der Waals surface area (Å²) in [7, 11) is 0. The van der Waals surface area contributed by atoms with Crippen molar-refractivity contribution in [2.75, 3.05) is 18.4 Å². The lowest BCUT2D eigenvalue weighted by molar-refractivity contribution is -0.149. The van der Waals surface area contributed by atoms with E-state index in [0.29, 0.717) is 18.1 Å². The highest BCUT2D eigenvalue weighted by Crippen LogP contribution is 2.46. The Kier molecular flexibility index (Phi) is 6.67. The van der Waals surface area contributed by atoms with E-state index in [1.54, 1.807) is 24.4 Å². The lowest BCUT2D eigenvalue weighted by Gasteiger charge is -2.44. The molecule has 4 heterocycles. The van der Waals surface area contributed by atoms with Crippen LogP contribution in [0.4, 0.5) is 5.69 Å². The average Bonchev–Trinajstić information content (AvgIpc) is 3.50. The number of aromatic nitrogens is 2. The molecule has 3 aliphatic heterocycles. The van der Waals surface area contributed by atoms with Crippen LogP contribution in [-0.2, 0) is 20.9 Å². The minimum atomic E-state index is -1.00. The van der Waals surface area contributed by atoms with Gasteiger partial charge in [-0.15, -0.1) is 0 Å². The highest BCUT2D eigenvalue weighted by atomic mass is 16.2. The van der Waals surface area contributed by atoms with Crippen LogP contribution in [0.3, 0.4) is 0 Å². The summed E-state index contributed by atoms with van der Waals surface area (Å²) in [5.74, 6) is -1.78. The lowest BCUT2D eigenvalue weighted by Crippen LogP contribution is -2.54. The van der Waals surface area contributed by atoms with Crippen LogP contribution in [0.25, 0.3) is 0 Å². The molecule has 11 heteroatoms. The standard InChI is InChI=1S/C29H34N6O5/c1-2-29(11-4-12-29)28(40)33-13-9-19(10-14-33)34-17-18(16-31-34)15-30-21-6-3-5-20-24(21)27(39)35(26(20)38)22-7-8-23(36)32-25(22)37/h3,5-6,16-17,19,22,30H,2,4,7-15H2,1H3,(H,32,36,37). The number of rotatable bonds is 7. The van der Waals surface area contributed by atoms with Gasteiger partial charge in [0, 0.05) is 48.9 Å². The Labute approximate surface area is 232 Å². The van der Waals surface area contributed by atoms with Gasteiger partial charge < -0.3 is 10.2 Å². The summed E-state index contributed by atoms with van der Waals surface area (Å²) in [4.78, 5) is 66.4. The van der Waals surface area contributed by atoms with E-state index in [2.05, 4.69) is 22.7 Å². The van der Waals surface area contributed by atoms with Gasteiger partial charge in [0.15, 0.2) is 0 Å². The number of carbonyl (C=O) groups is 5. The zero-order valence-electron chi connectivity index (χ0n) is 22.6. The molecule has 2 aromatic rings. The molecule has 6 rings (SSSR count). The zero-order valence-corrected chi connectivity index (χ0v) is 22.6. The van der Waals surface area contributed by atoms with Gasteiger partial charge in [0.05, 0.1) is 23.4 Å². The maximum absolute atomic E-state index is 13.3. The molecule has 210 valence electrons. The van der Waals surface area contributed by atoms with Crippen molar-refractivity contribution < 1.29 is 24.0 Å². The minimum absolute atomic E-state index is 0.0771. The number of imide groups is 2. The smallest absolute Gasteiger partial charge is 0.264 e. The molecule has 3 fully saturated rings. The van der Waals surface area contributed by atoms with Gasteiger partial charge in [-0.2, -0.15) is 5.10 Å². The number of benzene rings is 1. The third-order valence-electron chi connectivity index (χ3n) is 9.17. The maximum Gasteiger partial charge on any atom is 0.264 e. The molecule has 1 atom stereocenters. The summed E-state index contributed by atoms with van der Waals surface area (Å²) in [6.07, 6.45) is 9.77. The van der Waals surface area contributed by atoms with Gasteiger partial charge in [0.25, 0.3) is 11.8 Å². The van der Waals surface area contributed by atoms with Gasteiger partial charge >= 0.3 is 0 Å². The molecular weight excluding hydrogens is 512 g/mol. The number of anilines is 1. The van der Waals surface area contributed by atoms with Crippen LogP contribution in [-0.4, -0.2) is 68.2 Å². The van der Waals surface area contributed by atoms with Crippen molar-refractivity contribution in [1.29, 1.82) is 0 Å². The van der Waals surface area contributed by atoms with Crippen LogP contribution in [0.15, 0.2) is 30.6 Å². The molecule has 5 amide bonds. The summed E-state index contributed by atoms with van der Waals surface area (Å²) in [6, 6.07) is 4.23. The van der Waals surface area contributed by atoms with Crippen LogP contribution in [0.5, 0.6) is 0 Å². The first-order chi connectivity index (χ1) is 19.3. The van der Waals surface area contributed by atoms with Gasteiger partial charge in [-0.25, -0.2) is 0 Å². The molecule has 4 aliphatic rings. The van der Waals surface area contributed by atoms with Crippen LogP contribution in [0.2, 0.25) is 0 Å². The fourth-order valence-electron chi connectivity index (χ4n) is 6.52. The summed E-state index contributed by atoms with van der Waals surface area (Å²) in [5.41, 5.74) is 1.78. The monoisotopic (exact) mass is 546 g/mol. The van der Waals surface area contributed by atoms with E-state index < -0.39 is 29.7 Å². The van der Waals surface area contributed by atoms with E-state index in [-0.39, 0.29) is 35.4 Å². The highest BCUT2D eigenvalue weighted by molar-refractivity contribution is 6.25. The van der Waals surface area contributed by atoms with Crippen LogP contribution >= 0.6 is 0 Å². The first-order valence-electron chi connectivity index (χ1n) is 14.2. The molecule has 40 heavy (non-hydrogen) atoms. The van der Waals surface area contributed by atoms with Gasteiger partial charge in [-0.3, -0.25) is 38.9 Å². The Balaban J connectivity index is 1.09. The molecule has 1 aromatic carbocycles. The summed E-state index contributed by atoms with van der Waals surface area (Å²) in [6.45, 7) is 4.00. The van der Waals surface area contributed by atoms with Crippen molar-refractivity contribution in [3.63, 3.8) is 0 Å². The molecule has 0 spiro atoms. The van der Waals surface area contributed by atoms with Crippen LogP contribution in [0.1, 0.15) is 90.6 Å². The predicted molar refractivity (Wildman–Crippen MR) is 144 cm³/mol. The largest absolute Gasteiger partial charge is 0.380 e. The van der Waals surface area contributed by atoms with Crippen molar-refractivity contribution in [2.24, 2.45) is 5.41 Å². The number of fused-ring (bicyclic) bond motifs is 1. The van der Waals surface area contributed by atoms with E-state index in [4.69, 9.17) is 0 Å². The van der Waals surface area contributed by atoms with Crippen molar-refractivity contribution in [3.8, 4) is 0 Å². The van der Waals surface area contributed by atoms with Crippen LogP contribution in [0, 0.1) is 5.41 Å². The molecule has 2 N–H and O–H groups in total. The quantitative estimate of drug-likeness (QED) is 0.510. The molecule has 1 saturated carbocycles. The maximum atomic E-state index is 13.3. The molecule has 0 radical (unpaired) electrons. The molecule has 1 aromatic heterocycles. The Morgan fingerprint density at radius 3 is 2.55 bits per heavy atom. The van der Waals surface area contributed by atoms with E-state index in [9.17, 15) is 24.0 Å². The summed E-state index contributed by atoms with van der Waals surface area (Å²) < 4.78 is 1.96. The summed E-state index contributed by atoms with van der Waals surface area (Å²) in [5, 5.41) is 10.1. The Bertz CT molecular complexity index is 1380. The SMILES string of the molecule is CCC1(C(=O)N2CCC(n3cc(CNc4cccc5c4C(=O)N(C4CCC(=O)NC4=O)C5=O)cn3)CC2)CCC1. The van der Waals surface area contributed by atoms with Crippen molar-refractivity contribution in [1.82, 2.24) is 24.9 Å². The normalized spacial score (nSPS) is 22.7. The number of nitrogens with zero attached hydrogens (tertiary/aromatic N) is 4. The second-order valence-electron chi connectivity index (χ2n) is 11.4. The van der Waals surface area contributed by atoms with Crippen molar-refractivity contribution in [3.05, 3.63) is 47.3 Å². The molecule has 1 unspecified atom stereocenters. The van der Waals surface area contributed by atoms with Crippen molar-refractivity contribution >= 4 is 35.2 Å². The van der Waals surface area contributed by atoms with E-state index in [1.165, 1.54) is 0 Å². The first-order valence-corrected chi connectivity index (χ1v) is 14.2. The second-order valence-corrected chi connectivity index (χ2v) is 11.4. The first kappa shape index (κ1) is 26.2. The van der Waals surface area contributed by atoms with Gasteiger partial charge in [-0.1, -0.05) is 19.4 Å². The van der Waals surface area contributed by atoms with Gasteiger partial charge in [-0.05, 0) is 50.7 Å². The van der Waals surface area contributed by atoms with E-state index in [1.807, 2.05) is 15.8 Å². The second kappa shape index (κ2) is 10.2. The zero-order chi connectivity index (χ0) is 28.0. The molecule has 11 nitrogen and oxygen atoms in total. The van der Waals surface area contributed by atoms with E-state index >= 15 is 0 Å². The molecule has 0 bridgehead atoms. The number of likely N-dealkylation sites (tertiary alicyclic amines) is 1. The Morgan fingerprint density at radius 1 is 1.10 bits per heavy atom. The number of amides is 5. The lowest BCUT2D eigenvalue weighted by atomic mass is 9.66.